The summed E-state index contributed by atoms with van der Waals surface area (Å²) < 4.78 is 0. The van der Waals surface area contributed by atoms with Gasteiger partial charge in [0.2, 0.25) is 5.91 Å². The van der Waals surface area contributed by atoms with Crippen molar-refractivity contribution in [3.05, 3.63) is 34.9 Å². The Kier molecular flexibility index (Phi) is 3.45. The van der Waals surface area contributed by atoms with E-state index in [1.807, 2.05) is 0 Å². The van der Waals surface area contributed by atoms with Crippen LogP contribution in [0, 0.1) is 5.92 Å². The second-order valence-electron chi connectivity index (χ2n) is 4.10. The number of hydrazone groups is 1. The molecule has 0 unspecified atom stereocenters. The lowest BCUT2D eigenvalue weighted by Gasteiger charge is -2.25. The maximum atomic E-state index is 11.3. The minimum absolute atomic E-state index is 0.179. The number of hydrogen-bond donors (Lipinski definition) is 2. The van der Waals surface area contributed by atoms with Crippen LogP contribution >= 0.6 is 11.6 Å². The molecule has 0 saturated carbocycles. The number of benzene rings is 1. The SMILES string of the molecule is CC1=NNC(=O)C[C@H]1[C@H](O)c1cccc(Cl)c1. The van der Waals surface area contributed by atoms with Crippen LogP contribution in [0.25, 0.3) is 0 Å². The van der Waals surface area contributed by atoms with Crippen LogP contribution in [0.2, 0.25) is 5.02 Å². The Morgan fingerprint density at radius 2 is 2.35 bits per heavy atom. The fourth-order valence-corrected chi connectivity index (χ4v) is 2.09. The smallest absolute Gasteiger partial charge is 0.240 e. The van der Waals surface area contributed by atoms with Crippen LogP contribution in [0.1, 0.15) is 25.0 Å². The Balaban J connectivity index is 2.25. The minimum Gasteiger partial charge on any atom is -0.388 e. The van der Waals surface area contributed by atoms with Gasteiger partial charge >= 0.3 is 0 Å². The molecule has 90 valence electrons. The van der Waals surface area contributed by atoms with Crippen molar-refractivity contribution in [2.75, 3.05) is 0 Å². The van der Waals surface area contributed by atoms with Crippen molar-refractivity contribution in [2.45, 2.75) is 19.4 Å². The highest BCUT2D eigenvalue weighted by molar-refractivity contribution is 6.30. The van der Waals surface area contributed by atoms with Crippen molar-refractivity contribution in [3.63, 3.8) is 0 Å². The number of carbonyl (C=O) groups is 1. The first-order valence-corrected chi connectivity index (χ1v) is 5.72. The third-order valence-corrected chi connectivity index (χ3v) is 3.11. The second-order valence-corrected chi connectivity index (χ2v) is 4.54. The Morgan fingerprint density at radius 1 is 1.59 bits per heavy atom. The molecule has 17 heavy (non-hydrogen) atoms. The molecule has 0 saturated heterocycles. The lowest BCUT2D eigenvalue weighted by molar-refractivity contribution is -0.122. The summed E-state index contributed by atoms with van der Waals surface area (Å²) in [6.07, 6.45) is -0.522. The molecule has 0 fully saturated rings. The van der Waals surface area contributed by atoms with Gasteiger partial charge in [-0.1, -0.05) is 23.7 Å². The highest BCUT2D eigenvalue weighted by atomic mass is 35.5. The number of carbonyl (C=O) groups excluding carboxylic acids is 1. The number of halogens is 1. The normalized spacial score (nSPS) is 21.7. The summed E-state index contributed by atoms with van der Waals surface area (Å²) in [5.41, 5.74) is 3.81. The third kappa shape index (κ3) is 2.65. The van der Waals surface area contributed by atoms with E-state index in [2.05, 4.69) is 10.5 Å². The van der Waals surface area contributed by atoms with E-state index in [9.17, 15) is 9.90 Å². The van der Waals surface area contributed by atoms with Crippen molar-refractivity contribution in [1.29, 1.82) is 0 Å². The lowest BCUT2D eigenvalue weighted by atomic mass is 9.88. The quantitative estimate of drug-likeness (QED) is 0.844. The number of amides is 1. The van der Waals surface area contributed by atoms with Gasteiger partial charge in [-0.25, -0.2) is 5.43 Å². The molecule has 0 radical (unpaired) electrons. The third-order valence-electron chi connectivity index (χ3n) is 2.87. The molecule has 0 aliphatic carbocycles. The van der Waals surface area contributed by atoms with E-state index in [1.165, 1.54) is 0 Å². The first-order valence-electron chi connectivity index (χ1n) is 5.34. The van der Waals surface area contributed by atoms with Gasteiger partial charge in [0.15, 0.2) is 0 Å². The molecule has 1 aliphatic heterocycles. The molecule has 5 heteroatoms. The fraction of sp³-hybridized carbons (Fsp3) is 0.333. The van der Waals surface area contributed by atoms with E-state index in [0.717, 1.165) is 5.71 Å². The zero-order valence-corrected chi connectivity index (χ0v) is 10.1. The number of rotatable bonds is 2. The number of hydrogen-bond acceptors (Lipinski definition) is 3. The van der Waals surface area contributed by atoms with Crippen LogP contribution in [0.3, 0.4) is 0 Å². The summed E-state index contributed by atoms with van der Waals surface area (Å²) in [6, 6.07) is 7.00. The van der Waals surface area contributed by atoms with E-state index < -0.39 is 6.10 Å². The van der Waals surface area contributed by atoms with E-state index >= 15 is 0 Å². The molecule has 1 amide bonds. The van der Waals surface area contributed by atoms with Crippen molar-refractivity contribution < 1.29 is 9.90 Å². The zero-order valence-electron chi connectivity index (χ0n) is 9.35. The summed E-state index contributed by atoms with van der Waals surface area (Å²) in [4.78, 5) is 11.3. The van der Waals surface area contributed by atoms with Gasteiger partial charge in [-0.2, -0.15) is 5.10 Å². The van der Waals surface area contributed by atoms with Crippen LogP contribution in [-0.2, 0) is 4.79 Å². The monoisotopic (exact) mass is 252 g/mol. The van der Waals surface area contributed by atoms with Crippen LogP contribution in [-0.4, -0.2) is 16.7 Å². The van der Waals surface area contributed by atoms with Crippen molar-refractivity contribution in [1.82, 2.24) is 5.43 Å². The van der Waals surface area contributed by atoms with Gasteiger partial charge in [0.05, 0.1) is 6.10 Å². The second kappa shape index (κ2) is 4.85. The van der Waals surface area contributed by atoms with Crippen LogP contribution in [0.4, 0.5) is 0 Å². The Hall–Kier alpha value is -1.39. The Bertz CT molecular complexity index is 473. The van der Waals surface area contributed by atoms with Gasteiger partial charge in [-0.15, -0.1) is 0 Å². The molecule has 1 aromatic rings. The fourth-order valence-electron chi connectivity index (χ4n) is 1.89. The van der Waals surface area contributed by atoms with Crippen molar-refractivity contribution in [3.8, 4) is 0 Å². The predicted octanol–water partition coefficient (Wildman–Crippen LogP) is 1.89. The highest BCUT2D eigenvalue weighted by Crippen LogP contribution is 2.28. The molecule has 0 spiro atoms. The molecule has 0 aromatic heterocycles. The van der Waals surface area contributed by atoms with E-state index in [0.29, 0.717) is 10.6 Å². The summed E-state index contributed by atoms with van der Waals surface area (Å²) >= 11 is 5.87. The Labute approximate surface area is 104 Å². The molecule has 4 nitrogen and oxygen atoms in total. The van der Waals surface area contributed by atoms with Gasteiger partial charge in [0.25, 0.3) is 0 Å². The largest absolute Gasteiger partial charge is 0.388 e. The van der Waals surface area contributed by atoms with Gasteiger partial charge in [-0.3, -0.25) is 4.79 Å². The summed E-state index contributed by atoms with van der Waals surface area (Å²) in [5, 5.41) is 14.7. The summed E-state index contributed by atoms with van der Waals surface area (Å²) in [5.74, 6) is -0.469. The topological polar surface area (TPSA) is 61.7 Å². The van der Waals surface area contributed by atoms with Crippen LogP contribution in [0.5, 0.6) is 0 Å². The Morgan fingerprint density at radius 3 is 3.06 bits per heavy atom. The number of aliphatic hydroxyl groups excluding tert-OH is 1. The van der Waals surface area contributed by atoms with Gasteiger partial charge in [0, 0.05) is 23.1 Å². The van der Waals surface area contributed by atoms with E-state index in [1.54, 1.807) is 31.2 Å². The predicted molar refractivity (Wildman–Crippen MR) is 65.8 cm³/mol. The van der Waals surface area contributed by atoms with Crippen LogP contribution in [0.15, 0.2) is 29.4 Å². The average Bonchev–Trinajstić information content (AvgIpc) is 2.31. The van der Waals surface area contributed by atoms with Gasteiger partial charge in [-0.05, 0) is 24.6 Å². The zero-order chi connectivity index (χ0) is 12.4. The molecule has 1 aliphatic rings. The summed E-state index contributed by atoms with van der Waals surface area (Å²) in [6.45, 7) is 1.79. The number of nitrogens with one attached hydrogen (secondary N) is 1. The van der Waals surface area contributed by atoms with Crippen molar-refractivity contribution >= 4 is 23.2 Å². The molecular weight excluding hydrogens is 240 g/mol. The molecule has 2 atom stereocenters. The first-order chi connectivity index (χ1) is 8.08. The molecule has 0 bridgehead atoms. The standard InChI is InChI=1S/C12H13ClN2O2/c1-7-10(6-11(16)15-14-7)12(17)8-3-2-4-9(13)5-8/h2-5,10,12,17H,6H2,1H3,(H,15,16)/t10-,12-/m1/s1. The molecule has 2 rings (SSSR count). The number of nitrogens with zero attached hydrogens (tertiary/aromatic N) is 1. The minimum atomic E-state index is -0.761. The molecular formula is C12H13ClN2O2. The molecule has 2 N–H and O–H groups in total. The number of aliphatic hydroxyl groups is 1. The van der Waals surface area contributed by atoms with Gasteiger partial charge in [0.1, 0.15) is 0 Å². The highest BCUT2D eigenvalue weighted by Gasteiger charge is 2.29. The maximum absolute atomic E-state index is 11.3. The van der Waals surface area contributed by atoms with Gasteiger partial charge < -0.3 is 5.11 Å². The van der Waals surface area contributed by atoms with E-state index in [-0.39, 0.29) is 18.2 Å². The van der Waals surface area contributed by atoms with E-state index in [4.69, 9.17) is 11.6 Å². The van der Waals surface area contributed by atoms with Crippen LogP contribution < -0.4 is 5.43 Å². The maximum Gasteiger partial charge on any atom is 0.240 e. The molecule has 1 heterocycles. The summed E-state index contributed by atoms with van der Waals surface area (Å²) in [7, 11) is 0. The average molecular weight is 253 g/mol. The lowest BCUT2D eigenvalue weighted by Crippen LogP contribution is -2.34. The first kappa shape index (κ1) is 12.1. The van der Waals surface area contributed by atoms with Crippen molar-refractivity contribution in [2.24, 2.45) is 11.0 Å². The molecule has 1 aromatic carbocycles.